The molecule has 1 amide bonds. The first-order valence-corrected chi connectivity index (χ1v) is 9.38. The van der Waals surface area contributed by atoms with Crippen LogP contribution >= 0.6 is 0 Å². The maximum absolute atomic E-state index is 12.8. The lowest BCUT2D eigenvalue weighted by Crippen LogP contribution is -2.31. The standard InChI is InChI=1S/C20H30N4O2/c1-3-22-12-13-23-18(14-21)19(26-17-6-4-5-7-17)20(25)24-16-10-8-15(2)9-11-16/h8-11,14,17,21-23H,3-7,12-13H2,1-2H3,(H,24,25)/b19-18-,21-14?. The number of hydrogen-bond donors (Lipinski definition) is 4. The Morgan fingerprint density at radius 1 is 1.23 bits per heavy atom. The fourth-order valence-electron chi connectivity index (χ4n) is 2.90. The van der Waals surface area contributed by atoms with Gasteiger partial charge in [0.2, 0.25) is 5.76 Å². The second kappa shape index (κ2) is 10.6. The van der Waals surface area contributed by atoms with Crippen molar-refractivity contribution >= 4 is 17.8 Å². The molecular weight excluding hydrogens is 328 g/mol. The van der Waals surface area contributed by atoms with Gasteiger partial charge in [-0.2, -0.15) is 0 Å². The van der Waals surface area contributed by atoms with E-state index in [4.69, 9.17) is 10.1 Å². The van der Waals surface area contributed by atoms with Crippen LogP contribution in [0.15, 0.2) is 35.7 Å². The van der Waals surface area contributed by atoms with Gasteiger partial charge in [0, 0.05) is 25.0 Å². The number of anilines is 1. The van der Waals surface area contributed by atoms with Crippen molar-refractivity contribution in [3.63, 3.8) is 0 Å². The summed E-state index contributed by atoms with van der Waals surface area (Å²) < 4.78 is 6.01. The second-order valence-corrected chi connectivity index (χ2v) is 6.51. The van der Waals surface area contributed by atoms with Gasteiger partial charge in [0.1, 0.15) is 5.70 Å². The van der Waals surface area contributed by atoms with E-state index in [9.17, 15) is 4.79 Å². The summed E-state index contributed by atoms with van der Waals surface area (Å²) in [6, 6.07) is 7.62. The quantitative estimate of drug-likeness (QED) is 0.224. The van der Waals surface area contributed by atoms with E-state index in [1.54, 1.807) is 0 Å². The molecule has 26 heavy (non-hydrogen) atoms. The Labute approximate surface area is 155 Å². The largest absolute Gasteiger partial charge is 0.483 e. The minimum absolute atomic E-state index is 0.0410. The van der Waals surface area contributed by atoms with Gasteiger partial charge < -0.3 is 26.1 Å². The third-order valence-electron chi connectivity index (χ3n) is 4.36. The normalized spacial score (nSPS) is 15.3. The highest BCUT2D eigenvalue weighted by Gasteiger charge is 2.24. The highest BCUT2D eigenvalue weighted by atomic mass is 16.5. The molecule has 1 saturated carbocycles. The number of rotatable bonds is 10. The van der Waals surface area contributed by atoms with Crippen molar-refractivity contribution in [1.82, 2.24) is 10.6 Å². The number of likely N-dealkylation sites (N-methyl/N-ethyl adjacent to an activating group) is 1. The zero-order chi connectivity index (χ0) is 18.8. The minimum atomic E-state index is -0.324. The number of nitrogens with one attached hydrogen (secondary N) is 4. The molecule has 1 aliphatic carbocycles. The zero-order valence-electron chi connectivity index (χ0n) is 15.7. The fourth-order valence-corrected chi connectivity index (χ4v) is 2.90. The Morgan fingerprint density at radius 2 is 1.92 bits per heavy atom. The fraction of sp³-hybridized carbons (Fsp3) is 0.500. The van der Waals surface area contributed by atoms with Crippen LogP contribution in [0, 0.1) is 12.3 Å². The predicted octanol–water partition coefficient (Wildman–Crippen LogP) is 2.95. The maximum atomic E-state index is 12.8. The molecule has 1 aromatic carbocycles. The molecule has 1 fully saturated rings. The van der Waals surface area contributed by atoms with E-state index in [0.717, 1.165) is 50.6 Å². The molecule has 6 nitrogen and oxygen atoms in total. The summed E-state index contributed by atoms with van der Waals surface area (Å²) in [4.78, 5) is 12.8. The first-order chi connectivity index (χ1) is 12.6. The van der Waals surface area contributed by atoms with Crippen molar-refractivity contribution < 1.29 is 9.53 Å². The molecule has 0 radical (unpaired) electrons. The summed E-state index contributed by atoms with van der Waals surface area (Å²) in [5.74, 6) is -0.126. The van der Waals surface area contributed by atoms with Crippen LogP contribution in [-0.2, 0) is 9.53 Å². The van der Waals surface area contributed by atoms with E-state index in [1.165, 1.54) is 0 Å². The Bertz CT molecular complexity index is 619. The third kappa shape index (κ3) is 6.19. The van der Waals surface area contributed by atoms with Gasteiger partial charge in [-0.15, -0.1) is 0 Å². The molecule has 0 spiro atoms. The van der Waals surface area contributed by atoms with Crippen LogP contribution in [0.4, 0.5) is 5.69 Å². The highest BCUT2D eigenvalue weighted by Crippen LogP contribution is 2.24. The average Bonchev–Trinajstić information content (AvgIpc) is 3.15. The number of allylic oxidation sites excluding steroid dienone is 1. The Hall–Kier alpha value is -2.34. The zero-order valence-corrected chi connectivity index (χ0v) is 15.7. The van der Waals surface area contributed by atoms with E-state index in [0.29, 0.717) is 17.9 Å². The lowest BCUT2D eigenvalue weighted by Gasteiger charge is -2.19. The number of hydrogen-bond acceptors (Lipinski definition) is 5. The van der Waals surface area contributed by atoms with Gasteiger partial charge in [-0.25, -0.2) is 0 Å². The number of carbonyl (C=O) groups is 1. The Kier molecular flexibility index (Phi) is 8.15. The lowest BCUT2D eigenvalue weighted by molar-refractivity contribution is -0.117. The monoisotopic (exact) mass is 358 g/mol. The molecule has 6 heteroatoms. The molecule has 0 unspecified atom stereocenters. The first kappa shape index (κ1) is 20.0. The number of ether oxygens (including phenoxy) is 1. The number of aryl methyl sites for hydroxylation is 1. The van der Waals surface area contributed by atoms with Crippen LogP contribution < -0.4 is 16.0 Å². The Morgan fingerprint density at radius 3 is 2.54 bits per heavy atom. The molecule has 2 rings (SSSR count). The minimum Gasteiger partial charge on any atom is -0.483 e. The van der Waals surface area contributed by atoms with E-state index in [-0.39, 0.29) is 17.8 Å². The van der Waals surface area contributed by atoms with Gasteiger partial charge in [-0.05, 0) is 51.3 Å². The molecule has 0 saturated heterocycles. The molecule has 0 bridgehead atoms. The second-order valence-electron chi connectivity index (χ2n) is 6.51. The summed E-state index contributed by atoms with van der Waals surface area (Å²) in [6.07, 6.45) is 5.33. The lowest BCUT2D eigenvalue weighted by atomic mass is 10.2. The molecule has 0 aromatic heterocycles. The van der Waals surface area contributed by atoms with Crippen LogP contribution in [0.25, 0.3) is 0 Å². The van der Waals surface area contributed by atoms with Crippen LogP contribution in [0.1, 0.15) is 38.2 Å². The molecule has 1 aromatic rings. The first-order valence-electron chi connectivity index (χ1n) is 9.38. The molecule has 142 valence electrons. The van der Waals surface area contributed by atoms with Gasteiger partial charge in [-0.3, -0.25) is 4.79 Å². The summed E-state index contributed by atoms with van der Waals surface area (Å²) in [7, 11) is 0. The number of amides is 1. The maximum Gasteiger partial charge on any atom is 0.293 e. The van der Waals surface area contributed by atoms with Crippen molar-refractivity contribution in [2.75, 3.05) is 25.0 Å². The molecule has 4 N–H and O–H groups in total. The third-order valence-corrected chi connectivity index (χ3v) is 4.36. The molecule has 0 aliphatic heterocycles. The van der Waals surface area contributed by atoms with Gasteiger partial charge in [0.25, 0.3) is 5.91 Å². The molecule has 0 heterocycles. The molecular formula is C20H30N4O2. The van der Waals surface area contributed by atoms with E-state index in [1.807, 2.05) is 38.1 Å². The van der Waals surface area contributed by atoms with E-state index >= 15 is 0 Å². The van der Waals surface area contributed by atoms with Crippen molar-refractivity contribution in [2.24, 2.45) is 0 Å². The van der Waals surface area contributed by atoms with Crippen molar-refractivity contribution in [1.29, 1.82) is 5.41 Å². The van der Waals surface area contributed by atoms with Crippen LogP contribution in [0.3, 0.4) is 0 Å². The topological polar surface area (TPSA) is 86.2 Å². The van der Waals surface area contributed by atoms with Gasteiger partial charge in [-0.1, -0.05) is 24.6 Å². The molecule has 1 aliphatic rings. The van der Waals surface area contributed by atoms with Gasteiger partial charge in [0.15, 0.2) is 0 Å². The average molecular weight is 358 g/mol. The number of benzene rings is 1. The van der Waals surface area contributed by atoms with Crippen molar-refractivity contribution in [3.05, 3.63) is 41.3 Å². The van der Waals surface area contributed by atoms with Crippen LogP contribution in [0.5, 0.6) is 0 Å². The van der Waals surface area contributed by atoms with Crippen LogP contribution in [0.2, 0.25) is 0 Å². The van der Waals surface area contributed by atoms with Crippen LogP contribution in [-0.4, -0.2) is 37.9 Å². The summed E-state index contributed by atoms with van der Waals surface area (Å²) in [5.41, 5.74) is 2.26. The number of carbonyl (C=O) groups excluding carboxylic acids is 1. The predicted molar refractivity (Wildman–Crippen MR) is 106 cm³/mol. The Balaban J connectivity index is 2.13. The van der Waals surface area contributed by atoms with Gasteiger partial charge >= 0.3 is 0 Å². The van der Waals surface area contributed by atoms with Crippen molar-refractivity contribution in [3.8, 4) is 0 Å². The smallest absolute Gasteiger partial charge is 0.293 e. The molecule has 0 atom stereocenters. The van der Waals surface area contributed by atoms with Crippen molar-refractivity contribution in [2.45, 2.75) is 45.6 Å². The summed E-state index contributed by atoms with van der Waals surface area (Å²) in [5, 5.41) is 17.0. The van der Waals surface area contributed by atoms with Gasteiger partial charge in [0.05, 0.1) is 6.10 Å². The van der Waals surface area contributed by atoms with E-state index < -0.39 is 0 Å². The SMILES string of the molecule is CCNCCN/C(C=N)=C(\OC1CCCC1)C(=O)Nc1ccc(C)cc1. The highest BCUT2D eigenvalue weighted by molar-refractivity contribution is 6.05. The van der Waals surface area contributed by atoms with E-state index in [2.05, 4.69) is 16.0 Å². The summed E-state index contributed by atoms with van der Waals surface area (Å²) in [6.45, 7) is 6.29. The summed E-state index contributed by atoms with van der Waals surface area (Å²) >= 11 is 0.